The molecule has 1 aliphatic rings. The molecule has 2 atom stereocenters. The van der Waals surface area contributed by atoms with Gasteiger partial charge in [-0.2, -0.15) is 0 Å². The lowest BCUT2D eigenvalue weighted by Gasteiger charge is -2.16. The zero-order chi connectivity index (χ0) is 13.3. The van der Waals surface area contributed by atoms with Gasteiger partial charge in [-0.1, -0.05) is 0 Å². The molecule has 1 fully saturated rings. The number of hydrogen-bond donors (Lipinski definition) is 2. The number of aromatic nitrogens is 1. The van der Waals surface area contributed by atoms with Crippen LogP contribution in [-0.4, -0.2) is 45.9 Å². The number of H-pyrrole nitrogens is 1. The molecule has 18 heavy (non-hydrogen) atoms. The summed E-state index contributed by atoms with van der Waals surface area (Å²) in [6, 6.07) is 1.58. The SMILES string of the molecule is CC(=O)c1c[nH]c(C(=O)N2CCC(C(C)O)C2)c1. The molecule has 2 heterocycles. The van der Waals surface area contributed by atoms with E-state index in [2.05, 4.69) is 4.98 Å². The standard InChI is InChI=1S/C13H18N2O3/c1-8(16)10-3-4-15(7-10)13(18)12-5-11(6-14-12)9(2)17/h5-6,8,10,14,16H,3-4,7H2,1-2H3. The van der Waals surface area contributed by atoms with Crippen molar-refractivity contribution in [2.45, 2.75) is 26.4 Å². The summed E-state index contributed by atoms with van der Waals surface area (Å²) in [5.41, 5.74) is 0.955. The van der Waals surface area contributed by atoms with Gasteiger partial charge in [0, 0.05) is 30.8 Å². The average Bonchev–Trinajstić information content (AvgIpc) is 2.97. The molecule has 0 aromatic carbocycles. The number of likely N-dealkylation sites (tertiary alicyclic amines) is 1. The van der Waals surface area contributed by atoms with E-state index in [-0.39, 0.29) is 23.7 Å². The highest BCUT2D eigenvalue weighted by atomic mass is 16.3. The molecule has 0 radical (unpaired) electrons. The van der Waals surface area contributed by atoms with Crippen molar-refractivity contribution < 1.29 is 14.7 Å². The fourth-order valence-corrected chi connectivity index (χ4v) is 2.26. The molecule has 2 rings (SSSR count). The number of carbonyl (C=O) groups is 2. The van der Waals surface area contributed by atoms with Gasteiger partial charge in [0.25, 0.3) is 5.91 Å². The van der Waals surface area contributed by atoms with Gasteiger partial charge in [0.15, 0.2) is 5.78 Å². The van der Waals surface area contributed by atoms with E-state index in [0.29, 0.717) is 24.3 Å². The number of rotatable bonds is 3. The zero-order valence-corrected chi connectivity index (χ0v) is 10.6. The Kier molecular flexibility index (Phi) is 3.52. The Labute approximate surface area is 106 Å². The van der Waals surface area contributed by atoms with Crippen molar-refractivity contribution >= 4 is 11.7 Å². The maximum Gasteiger partial charge on any atom is 0.270 e. The third-order valence-corrected chi connectivity index (χ3v) is 3.51. The summed E-state index contributed by atoms with van der Waals surface area (Å²) in [5, 5.41) is 9.51. The van der Waals surface area contributed by atoms with E-state index in [0.717, 1.165) is 6.42 Å². The zero-order valence-electron chi connectivity index (χ0n) is 10.6. The molecular weight excluding hydrogens is 232 g/mol. The fourth-order valence-electron chi connectivity index (χ4n) is 2.26. The molecule has 0 spiro atoms. The van der Waals surface area contributed by atoms with E-state index >= 15 is 0 Å². The van der Waals surface area contributed by atoms with Crippen LogP contribution in [-0.2, 0) is 0 Å². The van der Waals surface area contributed by atoms with Gasteiger partial charge in [-0.15, -0.1) is 0 Å². The summed E-state index contributed by atoms with van der Waals surface area (Å²) in [7, 11) is 0. The van der Waals surface area contributed by atoms with Crippen molar-refractivity contribution in [2.24, 2.45) is 5.92 Å². The van der Waals surface area contributed by atoms with Gasteiger partial charge in [-0.25, -0.2) is 0 Å². The van der Waals surface area contributed by atoms with E-state index in [1.165, 1.54) is 6.92 Å². The van der Waals surface area contributed by atoms with Crippen molar-refractivity contribution in [1.29, 1.82) is 0 Å². The lowest BCUT2D eigenvalue weighted by atomic mass is 10.0. The number of aromatic amines is 1. The normalized spacial score (nSPS) is 21.1. The topological polar surface area (TPSA) is 73.4 Å². The van der Waals surface area contributed by atoms with Crippen molar-refractivity contribution in [3.63, 3.8) is 0 Å². The van der Waals surface area contributed by atoms with Crippen LogP contribution in [0.3, 0.4) is 0 Å². The first kappa shape index (κ1) is 12.8. The minimum absolute atomic E-state index is 0.0615. The summed E-state index contributed by atoms with van der Waals surface area (Å²) >= 11 is 0. The molecule has 5 nitrogen and oxygen atoms in total. The van der Waals surface area contributed by atoms with Crippen LogP contribution in [0.5, 0.6) is 0 Å². The second kappa shape index (κ2) is 4.94. The predicted molar refractivity (Wildman–Crippen MR) is 66.5 cm³/mol. The molecule has 0 bridgehead atoms. The maximum absolute atomic E-state index is 12.2. The second-order valence-corrected chi connectivity index (χ2v) is 4.90. The van der Waals surface area contributed by atoms with Crippen LogP contribution >= 0.6 is 0 Å². The molecule has 1 aromatic rings. The van der Waals surface area contributed by atoms with E-state index in [4.69, 9.17) is 0 Å². The molecule has 2 unspecified atom stereocenters. The maximum atomic E-state index is 12.2. The lowest BCUT2D eigenvalue weighted by molar-refractivity contribution is 0.0757. The Morgan fingerprint density at radius 1 is 1.56 bits per heavy atom. The quantitative estimate of drug-likeness (QED) is 0.788. The molecule has 0 saturated carbocycles. The van der Waals surface area contributed by atoms with Crippen LogP contribution in [0.1, 0.15) is 41.1 Å². The van der Waals surface area contributed by atoms with E-state index in [1.54, 1.807) is 24.1 Å². The summed E-state index contributed by atoms with van der Waals surface area (Å²) in [4.78, 5) is 27.9. The van der Waals surface area contributed by atoms with Crippen molar-refractivity contribution in [2.75, 3.05) is 13.1 Å². The van der Waals surface area contributed by atoms with Crippen LogP contribution in [0.15, 0.2) is 12.3 Å². The van der Waals surface area contributed by atoms with Crippen molar-refractivity contribution in [1.82, 2.24) is 9.88 Å². The lowest BCUT2D eigenvalue weighted by Crippen LogP contribution is -2.30. The van der Waals surface area contributed by atoms with Crippen LogP contribution in [0.25, 0.3) is 0 Å². The predicted octanol–water partition coefficient (Wildman–Crippen LogP) is 1.06. The van der Waals surface area contributed by atoms with Gasteiger partial charge in [-0.05, 0) is 26.3 Å². The van der Waals surface area contributed by atoms with Crippen LogP contribution < -0.4 is 0 Å². The number of carbonyl (C=O) groups excluding carboxylic acids is 2. The van der Waals surface area contributed by atoms with Gasteiger partial charge in [-0.3, -0.25) is 9.59 Å². The largest absolute Gasteiger partial charge is 0.393 e. The van der Waals surface area contributed by atoms with Gasteiger partial charge in [0.1, 0.15) is 5.69 Å². The third-order valence-electron chi connectivity index (χ3n) is 3.51. The van der Waals surface area contributed by atoms with E-state index in [9.17, 15) is 14.7 Å². The highest BCUT2D eigenvalue weighted by molar-refractivity contribution is 5.99. The number of hydrogen-bond acceptors (Lipinski definition) is 3. The molecule has 0 aliphatic carbocycles. The molecular formula is C13H18N2O3. The Hall–Kier alpha value is -1.62. The molecule has 1 aliphatic heterocycles. The van der Waals surface area contributed by atoms with Gasteiger partial charge in [0.05, 0.1) is 6.10 Å². The smallest absolute Gasteiger partial charge is 0.270 e. The van der Waals surface area contributed by atoms with E-state index in [1.807, 2.05) is 0 Å². The Bertz CT molecular complexity index is 465. The van der Waals surface area contributed by atoms with E-state index < -0.39 is 0 Å². The molecule has 1 amide bonds. The Balaban J connectivity index is 2.05. The number of Topliss-reactive ketones (excluding diaryl/α,β-unsaturated/α-hetero) is 1. The summed E-state index contributed by atoms with van der Waals surface area (Å²) in [6.45, 7) is 4.45. The Morgan fingerprint density at radius 2 is 2.28 bits per heavy atom. The molecule has 1 aromatic heterocycles. The first-order valence-corrected chi connectivity index (χ1v) is 6.15. The van der Waals surface area contributed by atoms with Crippen molar-refractivity contribution in [3.8, 4) is 0 Å². The van der Waals surface area contributed by atoms with Gasteiger partial charge >= 0.3 is 0 Å². The minimum Gasteiger partial charge on any atom is -0.393 e. The van der Waals surface area contributed by atoms with Gasteiger partial charge in [0.2, 0.25) is 0 Å². The summed E-state index contributed by atoms with van der Waals surface area (Å²) in [6.07, 6.45) is 1.99. The summed E-state index contributed by atoms with van der Waals surface area (Å²) in [5.74, 6) is -0.0181. The number of amides is 1. The number of aliphatic hydroxyl groups excluding tert-OH is 1. The van der Waals surface area contributed by atoms with Crippen molar-refractivity contribution in [3.05, 3.63) is 23.5 Å². The average molecular weight is 250 g/mol. The highest BCUT2D eigenvalue weighted by Crippen LogP contribution is 2.21. The Morgan fingerprint density at radius 3 is 2.78 bits per heavy atom. The first-order chi connectivity index (χ1) is 8.49. The molecule has 5 heteroatoms. The van der Waals surface area contributed by atoms with Crippen LogP contribution in [0.2, 0.25) is 0 Å². The summed E-state index contributed by atoms with van der Waals surface area (Å²) < 4.78 is 0. The molecule has 1 saturated heterocycles. The minimum atomic E-state index is -0.390. The fraction of sp³-hybridized carbons (Fsp3) is 0.538. The third kappa shape index (κ3) is 2.46. The van der Waals surface area contributed by atoms with Crippen LogP contribution in [0.4, 0.5) is 0 Å². The molecule has 2 N–H and O–H groups in total. The monoisotopic (exact) mass is 250 g/mol. The second-order valence-electron chi connectivity index (χ2n) is 4.90. The molecule has 98 valence electrons. The highest BCUT2D eigenvalue weighted by Gasteiger charge is 2.30. The number of nitrogens with one attached hydrogen (secondary N) is 1. The van der Waals surface area contributed by atoms with Gasteiger partial charge < -0.3 is 15.0 Å². The number of nitrogens with zero attached hydrogens (tertiary/aromatic N) is 1. The number of aliphatic hydroxyl groups is 1. The number of ketones is 1. The van der Waals surface area contributed by atoms with Crippen LogP contribution in [0, 0.1) is 5.92 Å². The first-order valence-electron chi connectivity index (χ1n) is 6.15.